The fraction of sp³-hybridized carbons (Fsp3) is 0.324. The highest BCUT2D eigenvalue weighted by Gasteiger charge is 2.58. The maximum atomic E-state index is 16.2. The molecule has 2 N–H and O–H groups in total. The lowest BCUT2D eigenvalue weighted by Gasteiger charge is -2.37. The first-order valence-electron chi connectivity index (χ1n) is 17.6. The molecule has 0 radical (unpaired) electrons. The topological polar surface area (TPSA) is 156 Å². The molecule has 5 heterocycles. The molecule has 14 nitrogen and oxygen atoms in total. The first-order chi connectivity index (χ1) is 26.8. The highest BCUT2D eigenvalue weighted by molar-refractivity contribution is 5.66. The second kappa shape index (κ2) is 15.2. The van der Waals surface area contributed by atoms with Gasteiger partial charge in [-0.1, -0.05) is 25.1 Å². The van der Waals surface area contributed by atoms with E-state index in [2.05, 4.69) is 35.5 Å². The molecule has 0 unspecified atom stereocenters. The van der Waals surface area contributed by atoms with Crippen molar-refractivity contribution in [3.63, 3.8) is 0 Å². The summed E-state index contributed by atoms with van der Waals surface area (Å²) in [4.78, 5) is 25.2. The molecule has 2 aromatic carbocycles. The van der Waals surface area contributed by atoms with Crippen LogP contribution in [0.25, 0.3) is 16.9 Å². The molecule has 0 aliphatic carbocycles. The van der Waals surface area contributed by atoms with Gasteiger partial charge in [0.15, 0.2) is 17.2 Å². The van der Waals surface area contributed by atoms with Gasteiger partial charge < -0.3 is 20.0 Å². The van der Waals surface area contributed by atoms with E-state index < -0.39 is 64.6 Å². The normalized spacial score (nSPS) is 15.8. The Morgan fingerprint density at radius 2 is 1.54 bits per heavy atom. The summed E-state index contributed by atoms with van der Waals surface area (Å²) >= 11 is 0. The van der Waals surface area contributed by atoms with Crippen LogP contribution in [0.3, 0.4) is 0 Å². The number of aliphatic hydroxyl groups is 2. The van der Waals surface area contributed by atoms with E-state index in [-0.39, 0.29) is 5.82 Å². The Bertz CT molecular complexity index is 2350. The van der Waals surface area contributed by atoms with E-state index in [0.29, 0.717) is 55.5 Å². The summed E-state index contributed by atoms with van der Waals surface area (Å²) in [6.07, 6.45) is 4.52. The molecule has 292 valence electrons. The summed E-state index contributed by atoms with van der Waals surface area (Å²) in [7, 11) is 0. The molecule has 4 aromatic heterocycles. The smallest absolute Gasteiger partial charge is 0.352 e. The summed E-state index contributed by atoms with van der Waals surface area (Å²) < 4.78 is 79.1. The van der Waals surface area contributed by atoms with Crippen LogP contribution < -0.4 is 15.5 Å². The zero-order valence-corrected chi connectivity index (χ0v) is 30.1. The zero-order valence-electron chi connectivity index (χ0n) is 30.1. The van der Waals surface area contributed by atoms with Crippen molar-refractivity contribution in [1.29, 1.82) is 0 Å². The third kappa shape index (κ3) is 7.10. The molecular formula is C37H36F5N11O3. The first kappa shape index (κ1) is 38.2. The van der Waals surface area contributed by atoms with Gasteiger partial charge in [0.1, 0.15) is 30.0 Å². The monoisotopic (exact) mass is 777 g/mol. The van der Waals surface area contributed by atoms with Gasteiger partial charge in [0, 0.05) is 61.3 Å². The summed E-state index contributed by atoms with van der Waals surface area (Å²) in [6, 6.07) is 12.5. The van der Waals surface area contributed by atoms with E-state index in [0.717, 1.165) is 44.1 Å². The fourth-order valence-electron chi connectivity index (χ4n) is 6.89. The van der Waals surface area contributed by atoms with Gasteiger partial charge in [-0.25, -0.2) is 36.9 Å². The van der Waals surface area contributed by atoms with Crippen molar-refractivity contribution in [3.05, 3.63) is 125 Å². The number of benzene rings is 2. The molecule has 0 amide bonds. The van der Waals surface area contributed by atoms with Gasteiger partial charge in [0.2, 0.25) is 0 Å². The predicted octanol–water partition coefficient (Wildman–Crippen LogP) is 4.23. The number of pyridine rings is 2. The lowest BCUT2D eigenvalue weighted by Crippen LogP contribution is -2.48. The van der Waals surface area contributed by atoms with Crippen LogP contribution >= 0.6 is 0 Å². The van der Waals surface area contributed by atoms with Crippen molar-refractivity contribution in [2.24, 2.45) is 0 Å². The third-order valence-corrected chi connectivity index (χ3v) is 9.99. The Morgan fingerprint density at radius 1 is 0.839 bits per heavy atom. The molecule has 0 saturated carbocycles. The number of hydrogen-bond acceptors (Lipinski definition) is 11. The average Bonchev–Trinajstić information content (AvgIpc) is 3.84. The lowest BCUT2D eigenvalue weighted by atomic mass is 9.84. The Labute approximate surface area is 316 Å². The Kier molecular flexibility index (Phi) is 10.4. The minimum Gasteiger partial charge on any atom is -0.391 e. The van der Waals surface area contributed by atoms with Crippen molar-refractivity contribution in [2.45, 2.75) is 50.5 Å². The summed E-state index contributed by atoms with van der Waals surface area (Å²) in [6.45, 7) is 4.71. The van der Waals surface area contributed by atoms with Gasteiger partial charge >= 0.3 is 11.6 Å². The molecule has 1 aliphatic rings. The first-order valence-corrected chi connectivity index (χ1v) is 17.6. The number of halogens is 5. The molecule has 19 heteroatoms. The third-order valence-electron chi connectivity index (χ3n) is 9.99. The van der Waals surface area contributed by atoms with E-state index >= 15 is 13.2 Å². The molecule has 7 rings (SSSR count). The van der Waals surface area contributed by atoms with Gasteiger partial charge in [0.25, 0.3) is 0 Å². The molecule has 0 bridgehead atoms. The molecule has 3 atom stereocenters. The van der Waals surface area contributed by atoms with Crippen molar-refractivity contribution in [3.8, 4) is 16.9 Å². The largest absolute Gasteiger partial charge is 0.391 e. The van der Waals surface area contributed by atoms with E-state index in [9.17, 15) is 23.8 Å². The summed E-state index contributed by atoms with van der Waals surface area (Å²) in [5.74, 6) is -7.45. The average molecular weight is 778 g/mol. The second-order valence-electron chi connectivity index (χ2n) is 13.5. The fourth-order valence-corrected chi connectivity index (χ4v) is 6.89. The minimum absolute atomic E-state index is 0.189. The standard InChI is InChI=1S/C37H36F5N11O3/c1-3-32(23(2)54)53-35(55)52(22-46-53)34-31(40)17-28(19-44-34)50-14-12-49(13-15-50)27-8-4-24(5-9-27)25-6-11-33(43-18-25)37(41,42)36(56,20-51-21-45-47-48-51)29-10-7-26(38)16-30(29)39/h4-11,16-19,21-23,32,54,56H,3,12-15,20H2,1-2H3/t23-,32-,36-/m0/s1. The summed E-state index contributed by atoms with van der Waals surface area (Å²) in [5.41, 5.74) is -2.95. The van der Waals surface area contributed by atoms with Crippen LogP contribution in [0, 0.1) is 17.5 Å². The number of aliphatic hydroxyl groups excluding tert-OH is 1. The highest BCUT2D eigenvalue weighted by atomic mass is 19.3. The maximum Gasteiger partial charge on any atom is 0.352 e. The quantitative estimate of drug-likeness (QED) is 0.172. The molecule has 1 saturated heterocycles. The van der Waals surface area contributed by atoms with E-state index in [4.69, 9.17) is 0 Å². The van der Waals surface area contributed by atoms with Crippen LogP contribution in [0.5, 0.6) is 0 Å². The van der Waals surface area contributed by atoms with Gasteiger partial charge in [0.05, 0.1) is 30.6 Å². The number of aromatic nitrogens is 9. The number of piperazine rings is 1. The zero-order chi connectivity index (χ0) is 39.8. The number of anilines is 2. The molecule has 6 aromatic rings. The SMILES string of the molecule is CC[C@@H]([C@H](C)O)n1ncn(-c2ncc(N3CCN(c4ccc(-c5ccc(C(F)(F)[C@](O)(Cn6cnnn6)c6ccc(F)cc6F)nc5)cc4)CC3)cc2F)c1=O. The number of nitrogens with zero attached hydrogens (tertiary/aromatic N) is 11. The van der Waals surface area contributed by atoms with Crippen molar-refractivity contribution in [1.82, 2.24) is 44.5 Å². The molecule has 56 heavy (non-hydrogen) atoms. The number of tetrazole rings is 1. The van der Waals surface area contributed by atoms with E-state index in [1.807, 2.05) is 36.1 Å². The van der Waals surface area contributed by atoms with Crippen LogP contribution in [0.1, 0.15) is 37.6 Å². The van der Waals surface area contributed by atoms with E-state index in [1.54, 1.807) is 6.92 Å². The second-order valence-corrected chi connectivity index (χ2v) is 13.5. The van der Waals surface area contributed by atoms with Gasteiger partial charge in [-0.2, -0.15) is 13.9 Å². The van der Waals surface area contributed by atoms with Crippen molar-refractivity contribution in [2.75, 3.05) is 36.0 Å². The molecule has 0 spiro atoms. The van der Waals surface area contributed by atoms with Crippen molar-refractivity contribution < 1.29 is 32.2 Å². The van der Waals surface area contributed by atoms with Crippen molar-refractivity contribution >= 4 is 11.4 Å². The van der Waals surface area contributed by atoms with Gasteiger partial charge in [-0.15, -0.1) is 5.10 Å². The van der Waals surface area contributed by atoms with Crippen LogP contribution in [-0.2, 0) is 18.1 Å². The van der Waals surface area contributed by atoms with E-state index in [1.165, 1.54) is 30.9 Å². The Morgan fingerprint density at radius 3 is 2.12 bits per heavy atom. The van der Waals surface area contributed by atoms with Crippen LogP contribution in [0.4, 0.5) is 33.3 Å². The summed E-state index contributed by atoms with van der Waals surface area (Å²) in [5, 5.41) is 35.8. The Balaban J connectivity index is 1.02. The number of alkyl halides is 2. The Hall–Kier alpha value is -6.08. The molecule has 1 aliphatic heterocycles. The van der Waals surface area contributed by atoms with Crippen LogP contribution in [0.15, 0.2) is 90.5 Å². The molecular weight excluding hydrogens is 741 g/mol. The lowest BCUT2D eigenvalue weighted by molar-refractivity contribution is -0.207. The van der Waals surface area contributed by atoms with Gasteiger partial charge in [-0.3, -0.25) is 4.98 Å². The predicted molar refractivity (Wildman–Crippen MR) is 193 cm³/mol. The number of rotatable bonds is 12. The number of hydrogen-bond donors (Lipinski definition) is 2. The van der Waals surface area contributed by atoms with Crippen LogP contribution in [0.2, 0.25) is 0 Å². The molecule has 1 fully saturated rings. The van der Waals surface area contributed by atoms with Crippen LogP contribution in [-0.4, -0.2) is 87.0 Å². The highest BCUT2D eigenvalue weighted by Crippen LogP contribution is 2.47. The minimum atomic E-state index is -4.19. The van der Waals surface area contributed by atoms with Gasteiger partial charge in [-0.05, 0) is 59.7 Å². The maximum absolute atomic E-state index is 16.2.